The molecule has 0 radical (unpaired) electrons. The van der Waals surface area contributed by atoms with E-state index in [1.807, 2.05) is 6.07 Å². The van der Waals surface area contributed by atoms with E-state index in [-0.39, 0.29) is 11.4 Å². The number of aromatic carboxylic acids is 1. The highest BCUT2D eigenvalue weighted by molar-refractivity contribution is 9.10. The van der Waals surface area contributed by atoms with Crippen LogP contribution < -0.4 is 5.32 Å². The number of aromatic nitrogens is 1. The smallest absolute Gasteiger partial charge is 0.339 e. The maximum absolute atomic E-state index is 11.1. The third-order valence-electron chi connectivity index (χ3n) is 2.39. The molecule has 0 atom stereocenters. The molecule has 0 amide bonds. The number of nitrogens with one attached hydrogen (secondary N) is 1. The first-order chi connectivity index (χ1) is 9.11. The number of carbonyl (C=O) groups is 1. The average molecular weight is 318 g/mol. The second-order valence-corrected chi connectivity index (χ2v) is 4.55. The second-order valence-electron chi connectivity index (χ2n) is 3.63. The fraction of sp³-hybridized carbons (Fsp3) is 0. The summed E-state index contributed by atoms with van der Waals surface area (Å²) < 4.78 is 0.772. The molecule has 0 fully saturated rings. The van der Waals surface area contributed by atoms with E-state index in [0.29, 0.717) is 11.3 Å². The van der Waals surface area contributed by atoms with Crippen LogP contribution in [0.25, 0.3) is 0 Å². The van der Waals surface area contributed by atoms with Gasteiger partial charge in [0.15, 0.2) is 0 Å². The summed E-state index contributed by atoms with van der Waals surface area (Å²) in [6, 6.07) is 10.1. The zero-order valence-corrected chi connectivity index (χ0v) is 11.2. The Kier molecular flexibility index (Phi) is 3.78. The van der Waals surface area contributed by atoms with Crippen molar-refractivity contribution in [3.05, 3.63) is 52.1 Å². The molecule has 1 heterocycles. The number of benzene rings is 1. The molecular formula is C13H8BrN3O2. The van der Waals surface area contributed by atoms with Crippen LogP contribution in [0.3, 0.4) is 0 Å². The van der Waals surface area contributed by atoms with Gasteiger partial charge in [0.1, 0.15) is 17.5 Å². The largest absolute Gasteiger partial charge is 0.478 e. The summed E-state index contributed by atoms with van der Waals surface area (Å²) in [6.07, 6.45) is 1.49. The fourth-order valence-electron chi connectivity index (χ4n) is 1.52. The van der Waals surface area contributed by atoms with Gasteiger partial charge in [-0.1, -0.05) is 15.9 Å². The van der Waals surface area contributed by atoms with Crippen LogP contribution in [0, 0.1) is 11.3 Å². The van der Waals surface area contributed by atoms with Crippen LogP contribution in [0.2, 0.25) is 0 Å². The zero-order valence-electron chi connectivity index (χ0n) is 9.59. The van der Waals surface area contributed by atoms with Gasteiger partial charge in [0.2, 0.25) is 0 Å². The Balaban J connectivity index is 2.43. The van der Waals surface area contributed by atoms with Crippen LogP contribution in [0.15, 0.2) is 41.0 Å². The summed E-state index contributed by atoms with van der Waals surface area (Å²) in [7, 11) is 0. The van der Waals surface area contributed by atoms with Crippen LogP contribution in [0.4, 0.5) is 11.5 Å². The molecule has 0 saturated carbocycles. The predicted molar refractivity (Wildman–Crippen MR) is 73.3 cm³/mol. The molecule has 0 bridgehead atoms. The Morgan fingerprint density at radius 3 is 2.89 bits per heavy atom. The normalized spacial score (nSPS) is 9.68. The van der Waals surface area contributed by atoms with Crippen LogP contribution in [0.5, 0.6) is 0 Å². The summed E-state index contributed by atoms with van der Waals surface area (Å²) in [5, 5.41) is 21.0. The number of rotatable bonds is 3. The molecule has 1 aromatic heterocycles. The molecule has 0 unspecified atom stereocenters. The van der Waals surface area contributed by atoms with E-state index in [2.05, 4.69) is 26.2 Å². The molecule has 2 rings (SSSR count). The van der Waals surface area contributed by atoms with E-state index in [0.717, 1.165) is 4.47 Å². The number of carboxylic acid groups (broad SMARTS) is 1. The van der Waals surface area contributed by atoms with Crippen molar-refractivity contribution < 1.29 is 9.90 Å². The highest BCUT2D eigenvalue weighted by atomic mass is 79.9. The van der Waals surface area contributed by atoms with Crippen molar-refractivity contribution in [2.24, 2.45) is 0 Å². The Labute approximate surface area is 117 Å². The highest BCUT2D eigenvalue weighted by Gasteiger charge is 2.12. The van der Waals surface area contributed by atoms with Gasteiger partial charge in [-0.25, -0.2) is 9.78 Å². The first-order valence-corrected chi connectivity index (χ1v) is 6.06. The summed E-state index contributed by atoms with van der Waals surface area (Å²) >= 11 is 3.27. The molecule has 1 aromatic carbocycles. The van der Waals surface area contributed by atoms with Crippen LogP contribution >= 0.6 is 15.9 Å². The summed E-state index contributed by atoms with van der Waals surface area (Å²) in [4.78, 5) is 15.0. The quantitative estimate of drug-likeness (QED) is 0.908. The number of carboxylic acids is 1. The number of hydrogen-bond acceptors (Lipinski definition) is 4. The molecule has 0 aliphatic rings. The molecule has 5 nitrogen and oxygen atoms in total. The van der Waals surface area contributed by atoms with Gasteiger partial charge in [0, 0.05) is 10.7 Å². The van der Waals surface area contributed by atoms with Crippen molar-refractivity contribution in [1.29, 1.82) is 5.26 Å². The van der Waals surface area contributed by atoms with E-state index in [4.69, 9.17) is 10.4 Å². The van der Waals surface area contributed by atoms with Gasteiger partial charge in [-0.05, 0) is 30.3 Å². The minimum absolute atomic E-state index is 0.0503. The van der Waals surface area contributed by atoms with Crippen molar-refractivity contribution in [1.82, 2.24) is 4.98 Å². The molecule has 94 valence electrons. The minimum Gasteiger partial charge on any atom is -0.478 e. The number of halogens is 1. The third-order valence-corrected chi connectivity index (χ3v) is 2.89. The maximum atomic E-state index is 11.1. The van der Waals surface area contributed by atoms with Crippen molar-refractivity contribution in [3.63, 3.8) is 0 Å². The van der Waals surface area contributed by atoms with Gasteiger partial charge in [-0.2, -0.15) is 5.26 Å². The summed E-state index contributed by atoms with van der Waals surface area (Å²) in [5.74, 6) is -0.875. The first kappa shape index (κ1) is 13.1. The molecular weight excluding hydrogens is 310 g/mol. The monoisotopic (exact) mass is 317 g/mol. The van der Waals surface area contributed by atoms with Crippen LogP contribution in [-0.2, 0) is 0 Å². The molecule has 6 heteroatoms. The van der Waals surface area contributed by atoms with E-state index < -0.39 is 5.97 Å². The summed E-state index contributed by atoms with van der Waals surface area (Å²) in [6.45, 7) is 0. The van der Waals surface area contributed by atoms with E-state index in [9.17, 15) is 4.79 Å². The number of anilines is 2. The fourth-order valence-corrected chi connectivity index (χ4v) is 1.88. The average Bonchev–Trinajstić information content (AvgIpc) is 2.41. The predicted octanol–water partition coefficient (Wildman–Crippen LogP) is 3.16. The lowest BCUT2D eigenvalue weighted by molar-refractivity contribution is 0.0697. The SMILES string of the molecule is N#Cc1cc(Br)ccc1Nc1ncccc1C(=O)O. The number of nitrogens with zero attached hydrogens (tertiary/aromatic N) is 2. The number of hydrogen-bond donors (Lipinski definition) is 2. The molecule has 2 aromatic rings. The molecule has 19 heavy (non-hydrogen) atoms. The van der Waals surface area contributed by atoms with E-state index in [1.165, 1.54) is 12.3 Å². The van der Waals surface area contributed by atoms with Crippen molar-refractivity contribution in [2.45, 2.75) is 0 Å². The lowest BCUT2D eigenvalue weighted by atomic mass is 10.2. The Morgan fingerprint density at radius 2 is 2.21 bits per heavy atom. The molecule has 0 aliphatic heterocycles. The third kappa shape index (κ3) is 2.89. The van der Waals surface area contributed by atoms with E-state index in [1.54, 1.807) is 24.3 Å². The van der Waals surface area contributed by atoms with Gasteiger partial charge in [0.25, 0.3) is 0 Å². The highest BCUT2D eigenvalue weighted by Crippen LogP contribution is 2.24. The van der Waals surface area contributed by atoms with Gasteiger partial charge < -0.3 is 10.4 Å². The van der Waals surface area contributed by atoms with Gasteiger partial charge in [-0.15, -0.1) is 0 Å². The minimum atomic E-state index is -1.08. The number of pyridine rings is 1. The Morgan fingerprint density at radius 1 is 1.42 bits per heavy atom. The zero-order chi connectivity index (χ0) is 13.8. The molecule has 0 spiro atoms. The first-order valence-electron chi connectivity index (χ1n) is 5.27. The standard InChI is InChI=1S/C13H8BrN3O2/c14-9-3-4-11(8(6-9)7-15)17-12-10(13(18)19)2-1-5-16-12/h1-6H,(H,16,17)(H,18,19). The molecule has 2 N–H and O–H groups in total. The lowest BCUT2D eigenvalue weighted by Gasteiger charge is -2.09. The second kappa shape index (κ2) is 5.50. The van der Waals surface area contributed by atoms with Crippen molar-refractivity contribution >= 4 is 33.4 Å². The van der Waals surface area contributed by atoms with Gasteiger partial charge in [0.05, 0.1) is 11.3 Å². The van der Waals surface area contributed by atoms with Gasteiger partial charge >= 0.3 is 5.97 Å². The Hall–Kier alpha value is -2.39. The van der Waals surface area contributed by atoms with Crippen LogP contribution in [-0.4, -0.2) is 16.1 Å². The van der Waals surface area contributed by atoms with Crippen LogP contribution in [0.1, 0.15) is 15.9 Å². The maximum Gasteiger partial charge on any atom is 0.339 e. The molecule has 0 aliphatic carbocycles. The Bertz CT molecular complexity index is 680. The lowest BCUT2D eigenvalue weighted by Crippen LogP contribution is -2.05. The molecule has 0 saturated heterocycles. The van der Waals surface area contributed by atoms with Crippen molar-refractivity contribution in [2.75, 3.05) is 5.32 Å². The topological polar surface area (TPSA) is 86.0 Å². The number of nitriles is 1. The van der Waals surface area contributed by atoms with E-state index >= 15 is 0 Å². The summed E-state index contributed by atoms with van der Waals surface area (Å²) in [5.41, 5.74) is 0.956. The van der Waals surface area contributed by atoms with Crippen molar-refractivity contribution in [3.8, 4) is 6.07 Å². The van der Waals surface area contributed by atoms with Gasteiger partial charge in [-0.3, -0.25) is 0 Å².